The van der Waals surface area contributed by atoms with Gasteiger partial charge in [-0.1, -0.05) is 0 Å². The van der Waals surface area contributed by atoms with Crippen LogP contribution in [0.25, 0.3) is 0 Å². The summed E-state index contributed by atoms with van der Waals surface area (Å²) in [5.41, 5.74) is 1.92. The molecule has 1 N–H and O–H groups in total. The quantitative estimate of drug-likeness (QED) is 0.849. The fourth-order valence-corrected chi connectivity index (χ4v) is 2.79. The number of nitrogens with one attached hydrogen (secondary N) is 1. The molecule has 5 heteroatoms. The topological polar surface area (TPSA) is 58.6 Å². The highest BCUT2D eigenvalue weighted by atomic mass is 16.5. The molecule has 1 aliphatic heterocycles. The van der Waals surface area contributed by atoms with Gasteiger partial charge in [0, 0.05) is 24.5 Å². The third kappa shape index (κ3) is 4.24. The molecule has 1 saturated heterocycles. The highest BCUT2D eigenvalue weighted by Crippen LogP contribution is 2.30. The lowest BCUT2D eigenvalue weighted by atomic mass is 10.1. The lowest BCUT2D eigenvalue weighted by Gasteiger charge is -2.28. The van der Waals surface area contributed by atoms with Gasteiger partial charge in [0.15, 0.2) is 6.10 Å². The number of anilines is 2. The van der Waals surface area contributed by atoms with Gasteiger partial charge in [-0.2, -0.15) is 0 Å². The number of carbonyl (C=O) groups is 2. The average molecular weight is 316 g/mol. The Bertz CT molecular complexity index is 560. The monoisotopic (exact) mass is 316 g/mol. The Morgan fingerprint density at radius 2 is 1.78 bits per heavy atom. The van der Waals surface area contributed by atoms with Crippen LogP contribution in [0, 0.1) is 5.92 Å². The molecule has 2 fully saturated rings. The molecule has 0 radical (unpaired) electrons. The fraction of sp³-hybridized carbons (Fsp3) is 0.556. The average Bonchev–Trinajstić information content (AvgIpc) is 3.41. The van der Waals surface area contributed by atoms with Crippen LogP contribution in [-0.4, -0.2) is 31.1 Å². The molecule has 1 amide bonds. The number of hydrogen-bond acceptors (Lipinski definition) is 4. The summed E-state index contributed by atoms with van der Waals surface area (Å²) in [6.45, 7) is 3.80. The number of hydrogen-bond donors (Lipinski definition) is 1. The zero-order valence-corrected chi connectivity index (χ0v) is 13.6. The molecule has 0 aromatic heterocycles. The summed E-state index contributed by atoms with van der Waals surface area (Å²) >= 11 is 0. The molecular weight excluding hydrogens is 292 g/mol. The second kappa shape index (κ2) is 7.02. The maximum atomic E-state index is 12.1. The number of nitrogens with zero attached hydrogens (tertiary/aromatic N) is 1. The van der Waals surface area contributed by atoms with Crippen molar-refractivity contribution in [3.05, 3.63) is 24.3 Å². The predicted octanol–water partition coefficient (Wildman–Crippen LogP) is 2.96. The predicted molar refractivity (Wildman–Crippen MR) is 89.4 cm³/mol. The molecule has 3 rings (SSSR count). The van der Waals surface area contributed by atoms with Gasteiger partial charge in [0.1, 0.15) is 0 Å². The van der Waals surface area contributed by atoms with Crippen molar-refractivity contribution in [1.29, 1.82) is 0 Å². The van der Waals surface area contributed by atoms with E-state index < -0.39 is 6.10 Å². The maximum Gasteiger partial charge on any atom is 0.309 e. The molecule has 5 nitrogen and oxygen atoms in total. The Balaban J connectivity index is 1.52. The van der Waals surface area contributed by atoms with Crippen LogP contribution in [0.3, 0.4) is 0 Å². The van der Waals surface area contributed by atoms with Crippen molar-refractivity contribution < 1.29 is 14.3 Å². The van der Waals surface area contributed by atoms with Crippen LogP contribution >= 0.6 is 0 Å². The molecule has 1 saturated carbocycles. The number of piperidine rings is 1. The molecule has 1 aliphatic carbocycles. The Labute approximate surface area is 137 Å². The minimum Gasteiger partial charge on any atom is -0.452 e. The summed E-state index contributed by atoms with van der Waals surface area (Å²) in [7, 11) is 0. The lowest BCUT2D eigenvalue weighted by Crippen LogP contribution is -2.30. The van der Waals surface area contributed by atoms with Crippen LogP contribution in [0.2, 0.25) is 0 Å². The van der Waals surface area contributed by atoms with Crippen LogP contribution < -0.4 is 10.2 Å². The zero-order chi connectivity index (χ0) is 16.2. The van der Waals surface area contributed by atoms with E-state index >= 15 is 0 Å². The first kappa shape index (κ1) is 15.8. The number of carbonyl (C=O) groups excluding carboxylic acids is 2. The first-order valence-corrected chi connectivity index (χ1v) is 8.50. The van der Waals surface area contributed by atoms with Gasteiger partial charge < -0.3 is 15.0 Å². The maximum absolute atomic E-state index is 12.1. The van der Waals surface area contributed by atoms with Crippen molar-refractivity contribution in [2.45, 2.75) is 45.1 Å². The summed E-state index contributed by atoms with van der Waals surface area (Å²) in [4.78, 5) is 26.0. The second-order valence-corrected chi connectivity index (χ2v) is 6.44. The summed E-state index contributed by atoms with van der Waals surface area (Å²) in [5, 5.41) is 2.80. The van der Waals surface area contributed by atoms with E-state index in [9.17, 15) is 9.59 Å². The van der Waals surface area contributed by atoms with Gasteiger partial charge in [0.25, 0.3) is 5.91 Å². The van der Waals surface area contributed by atoms with E-state index in [0.29, 0.717) is 0 Å². The second-order valence-electron chi connectivity index (χ2n) is 6.44. The normalized spacial score (nSPS) is 19.1. The minimum atomic E-state index is -0.759. The summed E-state index contributed by atoms with van der Waals surface area (Å²) in [5.74, 6) is -0.535. The Kier molecular flexibility index (Phi) is 4.84. The number of esters is 1. The van der Waals surface area contributed by atoms with E-state index in [1.807, 2.05) is 24.3 Å². The van der Waals surface area contributed by atoms with Crippen molar-refractivity contribution >= 4 is 23.3 Å². The molecule has 1 atom stereocenters. The molecule has 124 valence electrons. The van der Waals surface area contributed by atoms with Crippen molar-refractivity contribution in [1.82, 2.24) is 0 Å². The highest BCUT2D eigenvalue weighted by molar-refractivity contribution is 5.95. The number of benzene rings is 1. The smallest absolute Gasteiger partial charge is 0.309 e. The standard InChI is InChI=1S/C18H24N2O3/c1-13(23-18(22)14-5-6-14)17(21)19-15-7-9-16(10-8-15)20-11-3-2-4-12-20/h7-10,13-14H,2-6,11-12H2,1H3,(H,19,21)/t13-/m1/s1. The van der Waals surface area contributed by atoms with E-state index in [1.54, 1.807) is 6.92 Å². The summed E-state index contributed by atoms with van der Waals surface area (Å²) in [6.07, 6.45) is 4.79. The largest absolute Gasteiger partial charge is 0.452 e. The zero-order valence-electron chi connectivity index (χ0n) is 13.6. The molecule has 1 aromatic carbocycles. The van der Waals surface area contributed by atoms with Crippen molar-refractivity contribution in [2.75, 3.05) is 23.3 Å². The van der Waals surface area contributed by atoms with Crippen LogP contribution in [0.1, 0.15) is 39.0 Å². The number of rotatable bonds is 5. The van der Waals surface area contributed by atoms with Gasteiger partial charge >= 0.3 is 5.97 Å². The van der Waals surface area contributed by atoms with Crippen LogP contribution in [-0.2, 0) is 14.3 Å². The van der Waals surface area contributed by atoms with E-state index in [0.717, 1.165) is 31.6 Å². The molecule has 0 spiro atoms. The van der Waals surface area contributed by atoms with Crippen LogP contribution in [0.4, 0.5) is 11.4 Å². The Hall–Kier alpha value is -2.04. The van der Waals surface area contributed by atoms with Crippen molar-refractivity contribution in [3.8, 4) is 0 Å². The van der Waals surface area contributed by atoms with E-state index in [-0.39, 0.29) is 17.8 Å². The van der Waals surface area contributed by atoms with Gasteiger partial charge in [-0.15, -0.1) is 0 Å². The van der Waals surface area contributed by atoms with Crippen molar-refractivity contribution in [3.63, 3.8) is 0 Å². The summed E-state index contributed by atoms with van der Waals surface area (Å²) in [6, 6.07) is 7.86. The fourth-order valence-electron chi connectivity index (χ4n) is 2.79. The van der Waals surface area contributed by atoms with Gasteiger partial charge in [-0.25, -0.2) is 0 Å². The lowest BCUT2D eigenvalue weighted by molar-refractivity contribution is -0.154. The van der Waals surface area contributed by atoms with E-state index in [2.05, 4.69) is 10.2 Å². The SMILES string of the molecule is C[C@@H](OC(=O)C1CC1)C(=O)Nc1ccc(N2CCCCC2)cc1. The van der Waals surface area contributed by atoms with E-state index in [1.165, 1.54) is 24.9 Å². The minimum absolute atomic E-state index is 0.00840. The molecule has 1 heterocycles. The van der Waals surface area contributed by atoms with Crippen LogP contribution in [0.15, 0.2) is 24.3 Å². The molecule has 23 heavy (non-hydrogen) atoms. The van der Waals surface area contributed by atoms with Crippen LogP contribution in [0.5, 0.6) is 0 Å². The summed E-state index contributed by atoms with van der Waals surface area (Å²) < 4.78 is 5.17. The third-order valence-corrected chi connectivity index (χ3v) is 4.43. The molecular formula is C18H24N2O3. The highest BCUT2D eigenvalue weighted by Gasteiger charge is 2.33. The third-order valence-electron chi connectivity index (χ3n) is 4.43. The molecule has 1 aromatic rings. The number of ether oxygens (including phenoxy) is 1. The van der Waals surface area contributed by atoms with Gasteiger partial charge in [-0.3, -0.25) is 9.59 Å². The first-order chi connectivity index (χ1) is 11.1. The molecule has 0 bridgehead atoms. The first-order valence-electron chi connectivity index (χ1n) is 8.50. The Morgan fingerprint density at radius 1 is 1.13 bits per heavy atom. The molecule has 0 unspecified atom stereocenters. The van der Waals surface area contributed by atoms with Gasteiger partial charge in [0.05, 0.1) is 5.92 Å². The molecule has 2 aliphatic rings. The van der Waals surface area contributed by atoms with E-state index in [4.69, 9.17) is 4.74 Å². The number of amides is 1. The van der Waals surface area contributed by atoms with Gasteiger partial charge in [-0.05, 0) is 63.3 Å². The Morgan fingerprint density at radius 3 is 2.39 bits per heavy atom. The van der Waals surface area contributed by atoms with Crippen molar-refractivity contribution in [2.24, 2.45) is 5.92 Å². The van der Waals surface area contributed by atoms with Gasteiger partial charge in [0.2, 0.25) is 0 Å².